The molecule has 3 atom stereocenters. The van der Waals surface area contributed by atoms with Gasteiger partial charge in [0.25, 0.3) is 0 Å². The molecule has 1 aliphatic heterocycles. The topological polar surface area (TPSA) is 68.0 Å². The second-order valence-electron chi connectivity index (χ2n) is 6.14. The Morgan fingerprint density at radius 2 is 2.05 bits per heavy atom. The molecule has 1 aromatic heterocycles. The SMILES string of the molecule is O=C(O)C1(n2ncc(C3CC3)n2)C[C@H]2CSC[C@H]2C1. The maximum absolute atomic E-state index is 11.8. The summed E-state index contributed by atoms with van der Waals surface area (Å²) < 4.78 is 0. The summed E-state index contributed by atoms with van der Waals surface area (Å²) in [5, 5.41) is 18.5. The van der Waals surface area contributed by atoms with Crippen LogP contribution in [0.1, 0.15) is 37.3 Å². The van der Waals surface area contributed by atoms with Gasteiger partial charge in [-0.15, -0.1) is 0 Å². The number of hydrogen-bond acceptors (Lipinski definition) is 4. The molecule has 6 heteroatoms. The van der Waals surface area contributed by atoms with Crippen molar-refractivity contribution in [1.82, 2.24) is 15.0 Å². The number of thioether (sulfide) groups is 1. The Morgan fingerprint density at radius 3 is 2.63 bits per heavy atom. The molecule has 0 spiro atoms. The molecule has 2 aliphatic carbocycles. The van der Waals surface area contributed by atoms with E-state index in [1.165, 1.54) is 17.6 Å². The van der Waals surface area contributed by atoms with Crippen molar-refractivity contribution < 1.29 is 9.90 Å². The third-order valence-electron chi connectivity index (χ3n) is 4.82. The molecule has 0 aromatic carbocycles. The van der Waals surface area contributed by atoms with Crippen LogP contribution in [0.3, 0.4) is 0 Å². The van der Waals surface area contributed by atoms with Gasteiger partial charge in [-0.3, -0.25) is 0 Å². The van der Waals surface area contributed by atoms with Gasteiger partial charge in [0.2, 0.25) is 0 Å². The van der Waals surface area contributed by atoms with E-state index in [1.807, 2.05) is 11.8 Å². The molecule has 1 saturated heterocycles. The quantitative estimate of drug-likeness (QED) is 0.912. The highest BCUT2D eigenvalue weighted by Gasteiger charge is 2.55. The second kappa shape index (κ2) is 3.98. The van der Waals surface area contributed by atoms with Gasteiger partial charge >= 0.3 is 5.97 Å². The Hall–Kier alpha value is -1.04. The van der Waals surface area contributed by atoms with E-state index in [0.717, 1.165) is 17.2 Å². The molecule has 4 rings (SSSR count). The Balaban J connectivity index is 1.69. The van der Waals surface area contributed by atoms with Crippen molar-refractivity contribution in [2.24, 2.45) is 11.8 Å². The Morgan fingerprint density at radius 1 is 1.37 bits per heavy atom. The van der Waals surface area contributed by atoms with Crippen LogP contribution in [0.25, 0.3) is 0 Å². The summed E-state index contributed by atoms with van der Waals surface area (Å²) >= 11 is 1.95. The average Bonchev–Trinajstić information content (AvgIpc) is 2.83. The van der Waals surface area contributed by atoms with Crippen molar-refractivity contribution >= 4 is 17.7 Å². The largest absolute Gasteiger partial charge is 0.479 e. The fourth-order valence-corrected chi connectivity index (χ4v) is 5.04. The molecule has 102 valence electrons. The van der Waals surface area contributed by atoms with Crippen molar-refractivity contribution in [3.05, 3.63) is 11.9 Å². The Kier molecular flexibility index (Phi) is 2.46. The van der Waals surface area contributed by atoms with Gasteiger partial charge in [-0.25, -0.2) is 4.79 Å². The Bertz CT molecular complexity index is 514. The number of hydrogen-bond donors (Lipinski definition) is 1. The van der Waals surface area contributed by atoms with E-state index in [-0.39, 0.29) is 0 Å². The first kappa shape index (κ1) is 11.8. The van der Waals surface area contributed by atoms with Crippen LogP contribution in [0, 0.1) is 11.8 Å². The Labute approximate surface area is 115 Å². The summed E-state index contributed by atoms with van der Waals surface area (Å²) in [7, 11) is 0. The van der Waals surface area contributed by atoms with Gasteiger partial charge in [0.15, 0.2) is 5.54 Å². The zero-order valence-corrected chi connectivity index (χ0v) is 11.5. The lowest BCUT2D eigenvalue weighted by atomic mass is 9.97. The van der Waals surface area contributed by atoms with Crippen molar-refractivity contribution in [2.75, 3.05) is 11.5 Å². The van der Waals surface area contributed by atoms with Crippen LogP contribution in [-0.4, -0.2) is 37.6 Å². The number of carboxylic acids is 1. The number of aromatic nitrogens is 3. The molecule has 3 aliphatic rings. The third kappa shape index (κ3) is 1.72. The van der Waals surface area contributed by atoms with Gasteiger partial charge in [0, 0.05) is 5.92 Å². The zero-order chi connectivity index (χ0) is 13.0. The van der Waals surface area contributed by atoms with Crippen LogP contribution in [0.4, 0.5) is 0 Å². The maximum Gasteiger partial charge on any atom is 0.333 e. The molecule has 1 N–H and O–H groups in total. The summed E-state index contributed by atoms with van der Waals surface area (Å²) in [6.07, 6.45) is 5.49. The molecular weight excluding hydrogens is 262 g/mol. The standard InChI is InChI=1S/C13H17N3O2S/c17-12(18)13(3-9-6-19-7-10(9)4-13)16-14-5-11(15-16)8-1-2-8/h5,8-10H,1-4,6-7H2,(H,17,18)/t9-,10+,13?. The number of aliphatic carboxylic acids is 1. The normalized spacial score (nSPS) is 37.5. The third-order valence-corrected chi connectivity index (χ3v) is 6.14. The van der Waals surface area contributed by atoms with Gasteiger partial charge < -0.3 is 5.11 Å². The zero-order valence-electron chi connectivity index (χ0n) is 10.7. The van der Waals surface area contributed by atoms with E-state index in [1.54, 1.807) is 6.20 Å². The molecule has 1 aromatic rings. The van der Waals surface area contributed by atoms with E-state index < -0.39 is 11.5 Å². The molecular formula is C13H17N3O2S. The van der Waals surface area contributed by atoms with Crippen LogP contribution in [0.15, 0.2) is 6.20 Å². The van der Waals surface area contributed by atoms with E-state index in [4.69, 9.17) is 0 Å². The number of nitrogens with zero attached hydrogens (tertiary/aromatic N) is 3. The summed E-state index contributed by atoms with van der Waals surface area (Å²) in [4.78, 5) is 13.4. The second-order valence-corrected chi connectivity index (χ2v) is 7.21. The molecule has 0 bridgehead atoms. The van der Waals surface area contributed by atoms with E-state index in [9.17, 15) is 9.90 Å². The number of carboxylic acid groups (broad SMARTS) is 1. The van der Waals surface area contributed by atoms with Gasteiger partial charge in [-0.2, -0.15) is 26.8 Å². The van der Waals surface area contributed by atoms with Crippen LogP contribution in [0.5, 0.6) is 0 Å². The monoisotopic (exact) mass is 279 g/mol. The fourth-order valence-electron chi connectivity index (χ4n) is 3.52. The number of fused-ring (bicyclic) bond motifs is 1. The summed E-state index contributed by atoms with van der Waals surface area (Å²) in [5.41, 5.74) is 0.0933. The maximum atomic E-state index is 11.8. The highest BCUT2D eigenvalue weighted by Crippen LogP contribution is 2.50. The van der Waals surface area contributed by atoms with Crippen LogP contribution < -0.4 is 0 Å². The lowest BCUT2D eigenvalue weighted by Gasteiger charge is -2.24. The van der Waals surface area contributed by atoms with Crippen molar-refractivity contribution in [3.8, 4) is 0 Å². The number of carbonyl (C=O) groups is 1. The smallest absolute Gasteiger partial charge is 0.333 e. The van der Waals surface area contributed by atoms with E-state index >= 15 is 0 Å². The highest BCUT2D eigenvalue weighted by molar-refractivity contribution is 7.99. The van der Waals surface area contributed by atoms with Crippen LogP contribution in [0.2, 0.25) is 0 Å². The molecule has 2 saturated carbocycles. The predicted molar refractivity (Wildman–Crippen MR) is 71.1 cm³/mol. The lowest BCUT2D eigenvalue weighted by molar-refractivity contribution is -0.148. The molecule has 5 nitrogen and oxygen atoms in total. The summed E-state index contributed by atoms with van der Waals surface area (Å²) in [5.74, 6) is 3.00. The lowest BCUT2D eigenvalue weighted by Crippen LogP contribution is -2.42. The molecule has 0 radical (unpaired) electrons. The minimum absolute atomic E-state index is 0.524. The summed E-state index contributed by atoms with van der Waals surface area (Å²) in [6, 6.07) is 0. The average molecular weight is 279 g/mol. The van der Waals surface area contributed by atoms with E-state index in [0.29, 0.717) is 30.6 Å². The highest BCUT2D eigenvalue weighted by atomic mass is 32.2. The van der Waals surface area contributed by atoms with E-state index in [2.05, 4.69) is 10.2 Å². The predicted octanol–water partition coefficient (Wildman–Crippen LogP) is 1.71. The molecule has 19 heavy (non-hydrogen) atoms. The van der Waals surface area contributed by atoms with Gasteiger partial charge in [-0.1, -0.05) is 0 Å². The number of rotatable bonds is 3. The first-order valence-electron chi connectivity index (χ1n) is 6.93. The van der Waals surface area contributed by atoms with Gasteiger partial charge in [-0.05, 0) is 49.0 Å². The van der Waals surface area contributed by atoms with Crippen molar-refractivity contribution in [3.63, 3.8) is 0 Å². The van der Waals surface area contributed by atoms with Gasteiger partial charge in [0.05, 0.1) is 11.9 Å². The van der Waals surface area contributed by atoms with Crippen LogP contribution in [-0.2, 0) is 10.3 Å². The van der Waals surface area contributed by atoms with Gasteiger partial charge in [0.1, 0.15) is 0 Å². The molecule has 3 fully saturated rings. The first-order chi connectivity index (χ1) is 9.19. The molecule has 2 heterocycles. The summed E-state index contributed by atoms with van der Waals surface area (Å²) in [6.45, 7) is 0. The fraction of sp³-hybridized carbons (Fsp3) is 0.769. The van der Waals surface area contributed by atoms with Crippen LogP contribution >= 0.6 is 11.8 Å². The molecule has 1 unspecified atom stereocenters. The molecule has 0 amide bonds. The first-order valence-corrected chi connectivity index (χ1v) is 8.08. The van der Waals surface area contributed by atoms with Crippen molar-refractivity contribution in [1.29, 1.82) is 0 Å². The van der Waals surface area contributed by atoms with Crippen molar-refractivity contribution in [2.45, 2.75) is 37.1 Å². The minimum Gasteiger partial charge on any atom is -0.479 e. The minimum atomic E-state index is -0.885.